The molecular weight excluding hydrogens is 246 g/mol. The van der Waals surface area contributed by atoms with Crippen molar-refractivity contribution in [3.05, 3.63) is 17.7 Å². The summed E-state index contributed by atoms with van der Waals surface area (Å²) in [7, 11) is 1.90. The molecule has 106 valence electrons. The largest absolute Gasteiger partial charge is 0.491 e. The number of hydrogen-bond donors (Lipinski definition) is 1. The van der Waals surface area contributed by atoms with E-state index in [2.05, 4.69) is 5.32 Å². The van der Waals surface area contributed by atoms with Crippen LogP contribution in [0.25, 0.3) is 0 Å². The molecule has 5 heteroatoms. The van der Waals surface area contributed by atoms with Gasteiger partial charge in [-0.1, -0.05) is 0 Å². The fraction of sp³-hybridized carbons (Fsp3) is 0.571. The first kappa shape index (κ1) is 14.0. The highest BCUT2D eigenvalue weighted by Gasteiger charge is 2.17. The normalized spacial score (nSPS) is 13.1. The second-order valence-electron chi connectivity index (χ2n) is 4.61. The lowest BCUT2D eigenvalue weighted by molar-refractivity contribution is 0.0550. The molecule has 0 saturated heterocycles. The van der Waals surface area contributed by atoms with E-state index < -0.39 is 0 Å². The van der Waals surface area contributed by atoms with E-state index >= 15 is 0 Å². The predicted octanol–water partition coefficient (Wildman–Crippen LogP) is 1.94. The molecule has 0 spiro atoms. The molecule has 0 unspecified atom stereocenters. The quantitative estimate of drug-likeness (QED) is 0.765. The predicted molar refractivity (Wildman–Crippen MR) is 71.9 cm³/mol. The molecule has 19 heavy (non-hydrogen) atoms. The van der Waals surface area contributed by atoms with Crippen LogP contribution in [0.1, 0.15) is 19.4 Å². The Morgan fingerprint density at radius 1 is 1.21 bits per heavy atom. The van der Waals surface area contributed by atoms with Crippen molar-refractivity contribution in [2.45, 2.75) is 26.5 Å². The summed E-state index contributed by atoms with van der Waals surface area (Å²) < 4.78 is 22.0. The zero-order chi connectivity index (χ0) is 13.7. The van der Waals surface area contributed by atoms with E-state index in [1.165, 1.54) is 0 Å². The van der Waals surface area contributed by atoms with Crippen molar-refractivity contribution < 1.29 is 18.9 Å². The van der Waals surface area contributed by atoms with E-state index in [0.717, 1.165) is 29.4 Å². The van der Waals surface area contributed by atoms with Crippen molar-refractivity contribution in [3.63, 3.8) is 0 Å². The van der Waals surface area contributed by atoms with Gasteiger partial charge in [0.1, 0.15) is 12.4 Å². The lowest BCUT2D eigenvalue weighted by Crippen LogP contribution is -2.13. The zero-order valence-corrected chi connectivity index (χ0v) is 11.7. The molecule has 0 radical (unpaired) electrons. The Labute approximate surface area is 113 Å². The summed E-state index contributed by atoms with van der Waals surface area (Å²) in [5.74, 6) is 2.32. The molecule has 1 heterocycles. The number of rotatable bonds is 7. The zero-order valence-electron chi connectivity index (χ0n) is 11.7. The monoisotopic (exact) mass is 267 g/mol. The van der Waals surface area contributed by atoms with Gasteiger partial charge in [-0.05, 0) is 27.0 Å². The fourth-order valence-electron chi connectivity index (χ4n) is 1.86. The maximum absolute atomic E-state index is 5.76. The number of ether oxygens (including phenoxy) is 4. The summed E-state index contributed by atoms with van der Waals surface area (Å²) in [5.41, 5.74) is 1.05. The minimum absolute atomic E-state index is 0.220. The van der Waals surface area contributed by atoms with Crippen molar-refractivity contribution in [1.29, 1.82) is 0 Å². The van der Waals surface area contributed by atoms with E-state index in [-0.39, 0.29) is 12.9 Å². The highest BCUT2D eigenvalue weighted by Crippen LogP contribution is 2.38. The SMILES string of the molecule is CNCc1cc2c(cc1OCCOC(C)C)OCO2. The van der Waals surface area contributed by atoms with E-state index in [9.17, 15) is 0 Å². The number of benzene rings is 1. The molecule has 0 saturated carbocycles. The van der Waals surface area contributed by atoms with E-state index in [0.29, 0.717) is 13.2 Å². The molecule has 0 aliphatic carbocycles. The second-order valence-corrected chi connectivity index (χ2v) is 4.61. The van der Waals surface area contributed by atoms with Gasteiger partial charge >= 0.3 is 0 Å². The molecule has 1 N–H and O–H groups in total. The van der Waals surface area contributed by atoms with Crippen LogP contribution in [0.4, 0.5) is 0 Å². The lowest BCUT2D eigenvalue weighted by Gasteiger charge is -2.13. The van der Waals surface area contributed by atoms with Gasteiger partial charge in [0.15, 0.2) is 11.5 Å². The Balaban J connectivity index is 2.01. The minimum atomic E-state index is 0.220. The fourth-order valence-corrected chi connectivity index (χ4v) is 1.86. The third-order valence-corrected chi connectivity index (χ3v) is 2.72. The van der Waals surface area contributed by atoms with E-state index in [1.807, 2.05) is 33.0 Å². The molecular formula is C14H21NO4. The van der Waals surface area contributed by atoms with Crippen molar-refractivity contribution in [2.75, 3.05) is 27.1 Å². The molecule has 5 nitrogen and oxygen atoms in total. The van der Waals surface area contributed by atoms with Crippen LogP contribution in [-0.2, 0) is 11.3 Å². The maximum Gasteiger partial charge on any atom is 0.231 e. The molecule has 1 aromatic rings. The Hall–Kier alpha value is -1.46. The van der Waals surface area contributed by atoms with Gasteiger partial charge in [0.2, 0.25) is 6.79 Å². The van der Waals surface area contributed by atoms with Gasteiger partial charge in [-0.2, -0.15) is 0 Å². The Bertz CT molecular complexity index is 420. The van der Waals surface area contributed by atoms with Gasteiger partial charge in [-0.25, -0.2) is 0 Å². The van der Waals surface area contributed by atoms with Crippen LogP contribution in [0.3, 0.4) is 0 Å². The minimum Gasteiger partial charge on any atom is -0.491 e. The molecule has 0 atom stereocenters. The molecule has 0 aromatic heterocycles. The summed E-state index contributed by atoms with van der Waals surface area (Å²) in [4.78, 5) is 0. The van der Waals surface area contributed by atoms with Gasteiger partial charge in [0.05, 0.1) is 12.7 Å². The summed E-state index contributed by atoms with van der Waals surface area (Å²) in [5, 5.41) is 3.12. The Morgan fingerprint density at radius 3 is 2.63 bits per heavy atom. The van der Waals surface area contributed by atoms with Crippen LogP contribution >= 0.6 is 0 Å². The first-order valence-corrected chi connectivity index (χ1v) is 6.52. The number of nitrogens with one attached hydrogen (secondary N) is 1. The molecule has 0 fully saturated rings. The highest BCUT2D eigenvalue weighted by molar-refractivity contribution is 5.51. The van der Waals surface area contributed by atoms with Crippen LogP contribution in [0.15, 0.2) is 12.1 Å². The van der Waals surface area contributed by atoms with Gasteiger partial charge < -0.3 is 24.3 Å². The molecule has 1 aliphatic rings. The molecule has 0 amide bonds. The van der Waals surface area contributed by atoms with Crippen molar-refractivity contribution >= 4 is 0 Å². The Kier molecular flexibility index (Phi) is 4.87. The van der Waals surface area contributed by atoms with Gasteiger partial charge in [0, 0.05) is 18.2 Å². The molecule has 1 aliphatic heterocycles. The standard InChI is InChI=1S/C14H21NO4/c1-10(2)16-4-5-17-12-7-14-13(18-9-19-14)6-11(12)8-15-3/h6-7,10,15H,4-5,8-9H2,1-3H3. The average Bonchev–Trinajstić information content (AvgIpc) is 2.81. The van der Waals surface area contributed by atoms with Crippen LogP contribution in [0, 0.1) is 0 Å². The molecule has 1 aromatic carbocycles. The first-order valence-electron chi connectivity index (χ1n) is 6.52. The summed E-state index contributed by atoms with van der Waals surface area (Å²) in [6.07, 6.45) is 0.220. The maximum atomic E-state index is 5.76. The second kappa shape index (κ2) is 6.63. The van der Waals surface area contributed by atoms with Crippen molar-refractivity contribution in [3.8, 4) is 17.2 Å². The average molecular weight is 267 g/mol. The number of hydrogen-bond acceptors (Lipinski definition) is 5. The van der Waals surface area contributed by atoms with Crippen molar-refractivity contribution in [1.82, 2.24) is 5.32 Å². The number of fused-ring (bicyclic) bond motifs is 1. The molecule has 0 bridgehead atoms. The van der Waals surface area contributed by atoms with Gasteiger partial charge in [0.25, 0.3) is 0 Å². The topological polar surface area (TPSA) is 49.0 Å². The van der Waals surface area contributed by atoms with Crippen molar-refractivity contribution in [2.24, 2.45) is 0 Å². The third-order valence-electron chi connectivity index (χ3n) is 2.72. The summed E-state index contributed by atoms with van der Waals surface area (Å²) in [6.45, 7) is 6.10. The first-order chi connectivity index (χ1) is 9.20. The van der Waals surface area contributed by atoms with Crippen LogP contribution < -0.4 is 19.5 Å². The summed E-state index contributed by atoms with van der Waals surface area (Å²) >= 11 is 0. The summed E-state index contributed by atoms with van der Waals surface area (Å²) in [6, 6.07) is 3.84. The lowest BCUT2D eigenvalue weighted by atomic mass is 10.1. The van der Waals surface area contributed by atoms with Crippen LogP contribution in [0.5, 0.6) is 17.2 Å². The van der Waals surface area contributed by atoms with E-state index in [4.69, 9.17) is 18.9 Å². The highest BCUT2D eigenvalue weighted by atomic mass is 16.7. The third kappa shape index (κ3) is 3.75. The Morgan fingerprint density at radius 2 is 1.95 bits per heavy atom. The van der Waals surface area contributed by atoms with Gasteiger partial charge in [-0.3, -0.25) is 0 Å². The molecule has 2 rings (SSSR count). The van der Waals surface area contributed by atoms with E-state index in [1.54, 1.807) is 0 Å². The van der Waals surface area contributed by atoms with Gasteiger partial charge in [-0.15, -0.1) is 0 Å². The van der Waals surface area contributed by atoms with Crippen LogP contribution in [0.2, 0.25) is 0 Å². The smallest absolute Gasteiger partial charge is 0.231 e. The van der Waals surface area contributed by atoms with Crippen LogP contribution in [-0.4, -0.2) is 33.2 Å².